The summed E-state index contributed by atoms with van der Waals surface area (Å²) in [5, 5.41) is 1.77. The predicted molar refractivity (Wildman–Crippen MR) is 73.0 cm³/mol. The summed E-state index contributed by atoms with van der Waals surface area (Å²) in [6, 6.07) is 11.7. The Kier molecular flexibility index (Phi) is 2.41. The third-order valence-electron chi connectivity index (χ3n) is 2.93. The second-order valence-corrected chi connectivity index (χ2v) is 4.78. The molecule has 2 aromatic heterocycles. The normalized spacial score (nSPS) is 11.1. The van der Waals surface area contributed by atoms with E-state index in [1.807, 2.05) is 59.4 Å². The lowest BCUT2D eigenvalue weighted by molar-refractivity contribution is 1.21. The SMILES string of the molecule is CSc1ccc2ccn3cccc3c(=O)c2c1. The van der Waals surface area contributed by atoms with E-state index in [1.54, 1.807) is 11.8 Å². The first-order chi connectivity index (χ1) is 8.29. The molecule has 0 radical (unpaired) electrons. The van der Waals surface area contributed by atoms with Gasteiger partial charge < -0.3 is 4.40 Å². The van der Waals surface area contributed by atoms with Crippen LogP contribution in [0.1, 0.15) is 0 Å². The van der Waals surface area contributed by atoms with Gasteiger partial charge in [0, 0.05) is 22.7 Å². The molecule has 0 unspecified atom stereocenters. The van der Waals surface area contributed by atoms with E-state index >= 15 is 0 Å². The van der Waals surface area contributed by atoms with E-state index in [0.717, 1.165) is 21.2 Å². The molecule has 3 aromatic rings. The molecule has 2 nitrogen and oxygen atoms in total. The molecule has 0 spiro atoms. The van der Waals surface area contributed by atoms with Crippen LogP contribution >= 0.6 is 11.8 Å². The van der Waals surface area contributed by atoms with Gasteiger partial charge in [0.1, 0.15) is 0 Å². The number of nitrogens with zero attached hydrogens (tertiary/aromatic N) is 1. The number of benzene rings is 1. The van der Waals surface area contributed by atoms with Crippen LogP contribution in [-0.2, 0) is 0 Å². The van der Waals surface area contributed by atoms with E-state index in [4.69, 9.17) is 0 Å². The van der Waals surface area contributed by atoms with Crippen LogP contribution in [0.4, 0.5) is 0 Å². The van der Waals surface area contributed by atoms with Crippen molar-refractivity contribution in [1.82, 2.24) is 4.40 Å². The molecule has 1 aromatic carbocycles. The van der Waals surface area contributed by atoms with E-state index in [9.17, 15) is 4.79 Å². The summed E-state index contributed by atoms with van der Waals surface area (Å²) >= 11 is 1.65. The molecule has 0 bridgehead atoms. The Labute approximate surface area is 103 Å². The van der Waals surface area contributed by atoms with E-state index < -0.39 is 0 Å². The first-order valence-corrected chi connectivity index (χ1v) is 6.60. The Bertz CT molecular complexity index is 761. The fourth-order valence-corrected chi connectivity index (χ4v) is 2.46. The van der Waals surface area contributed by atoms with Crippen LogP contribution in [0.3, 0.4) is 0 Å². The summed E-state index contributed by atoms with van der Waals surface area (Å²) in [6.45, 7) is 0. The quantitative estimate of drug-likeness (QED) is 0.610. The molecular formula is C14H11NOS. The van der Waals surface area contributed by atoms with Gasteiger partial charge in [-0.05, 0) is 42.0 Å². The van der Waals surface area contributed by atoms with Gasteiger partial charge >= 0.3 is 0 Å². The largest absolute Gasteiger partial charge is 0.320 e. The Morgan fingerprint density at radius 3 is 2.82 bits per heavy atom. The summed E-state index contributed by atoms with van der Waals surface area (Å²) in [5.74, 6) is 0. The van der Waals surface area contributed by atoms with Gasteiger partial charge in [-0.15, -0.1) is 11.8 Å². The van der Waals surface area contributed by atoms with E-state index in [-0.39, 0.29) is 5.43 Å². The van der Waals surface area contributed by atoms with Gasteiger partial charge in [-0.1, -0.05) is 6.07 Å². The van der Waals surface area contributed by atoms with Gasteiger partial charge in [-0.25, -0.2) is 0 Å². The van der Waals surface area contributed by atoms with Crippen LogP contribution in [0.15, 0.2) is 58.5 Å². The average Bonchev–Trinajstić information content (AvgIpc) is 2.79. The molecule has 0 fully saturated rings. The minimum Gasteiger partial charge on any atom is -0.320 e. The van der Waals surface area contributed by atoms with Gasteiger partial charge in [0.2, 0.25) is 5.43 Å². The van der Waals surface area contributed by atoms with Crippen molar-refractivity contribution in [3.8, 4) is 0 Å². The van der Waals surface area contributed by atoms with Crippen molar-refractivity contribution in [1.29, 1.82) is 0 Å². The van der Waals surface area contributed by atoms with Crippen LogP contribution < -0.4 is 5.43 Å². The van der Waals surface area contributed by atoms with Crippen molar-refractivity contribution >= 4 is 28.1 Å². The Balaban J connectivity index is 2.56. The maximum Gasteiger partial charge on any atom is 0.210 e. The molecule has 0 aliphatic carbocycles. The van der Waals surface area contributed by atoms with Crippen LogP contribution in [0.2, 0.25) is 0 Å². The first kappa shape index (κ1) is 10.4. The summed E-state index contributed by atoms with van der Waals surface area (Å²) in [6.07, 6.45) is 5.84. The Hall–Kier alpha value is -1.74. The minimum absolute atomic E-state index is 0.0888. The molecule has 0 saturated carbocycles. The Morgan fingerprint density at radius 2 is 2.00 bits per heavy atom. The summed E-state index contributed by atoms with van der Waals surface area (Å²) in [4.78, 5) is 13.5. The highest BCUT2D eigenvalue weighted by Gasteiger charge is 2.02. The van der Waals surface area contributed by atoms with Crippen LogP contribution in [0.5, 0.6) is 0 Å². The number of rotatable bonds is 1. The third-order valence-corrected chi connectivity index (χ3v) is 3.66. The standard InChI is InChI=1S/C14H11NOS/c1-17-11-5-4-10-6-8-15-7-2-3-13(15)14(16)12(10)9-11/h2-9H,1H3. The lowest BCUT2D eigenvalue weighted by Gasteiger charge is -1.96. The van der Waals surface area contributed by atoms with E-state index in [0.29, 0.717) is 0 Å². The number of aromatic nitrogens is 1. The van der Waals surface area contributed by atoms with Crippen molar-refractivity contribution in [2.24, 2.45) is 0 Å². The first-order valence-electron chi connectivity index (χ1n) is 5.37. The summed E-state index contributed by atoms with van der Waals surface area (Å²) < 4.78 is 1.86. The van der Waals surface area contributed by atoms with Crippen LogP contribution in [-0.4, -0.2) is 10.7 Å². The second kappa shape index (κ2) is 3.93. The van der Waals surface area contributed by atoms with Gasteiger partial charge in [-0.3, -0.25) is 4.79 Å². The minimum atomic E-state index is 0.0888. The summed E-state index contributed by atoms with van der Waals surface area (Å²) in [5.41, 5.74) is 0.809. The molecule has 17 heavy (non-hydrogen) atoms. The average molecular weight is 241 g/mol. The maximum absolute atomic E-state index is 12.4. The molecule has 0 atom stereocenters. The number of thioether (sulfide) groups is 1. The fraction of sp³-hybridized carbons (Fsp3) is 0.0714. The maximum atomic E-state index is 12.4. The third kappa shape index (κ3) is 1.63. The molecule has 3 rings (SSSR count). The fourth-order valence-electron chi connectivity index (χ4n) is 2.02. The molecule has 0 saturated heterocycles. The zero-order valence-corrected chi connectivity index (χ0v) is 10.2. The van der Waals surface area contributed by atoms with E-state index in [2.05, 4.69) is 0 Å². The number of hydrogen-bond acceptors (Lipinski definition) is 2. The van der Waals surface area contributed by atoms with E-state index in [1.165, 1.54) is 0 Å². The van der Waals surface area contributed by atoms with Gasteiger partial charge in [0.05, 0.1) is 5.52 Å². The topological polar surface area (TPSA) is 21.5 Å². The molecule has 3 heteroatoms. The van der Waals surface area contributed by atoms with Crippen LogP contribution in [0.25, 0.3) is 16.3 Å². The van der Waals surface area contributed by atoms with Crippen molar-refractivity contribution in [2.45, 2.75) is 4.90 Å². The molecule has 0 amide bonds. The lowest BCUT2D eigenvalue weighted by Crippen LogP contribution is -1.99. The lowest BCUT2D eigenvalue weighted by atomic mass is 10.2. The monoisotopic (exact) mass is 241 g/mol. The molecule has 2 heterocycles. The summed E-state index contributed by atoms with van der Waals surface area (Å²) in [7, 11) is 0. The van der Waals surface area contributed by atoms with Gasteiger partial charge in [0.25, 0.3) is 0 Å². The molecule has 0 aliphatic rings. The predicted octanol–water partition coefficient (Wildman–Crippen LogP) is 3.17. The highest BCUT2D eigenvalue weighted by atomic mass is 32.2. The molecule has 0 aliphatic heterocycles. The van der Waals surface area contributed by atoms with Gasteiger partial charge in [0.15, 0.2) is 0 Å². The highest BCUT2D eigenvalue weighted by Crippen LogP contribution is 2.19. The van der Waals surface area contributed by atoms with Gasteiger partial charge in [-0.2, -0.15) is 0 Å². The molecular weight excluding hydrogens is 230 g/mol. The van der Waals surface area contributed by atoms with Crippen molar-refractivity contribution in [2.75, 3.05) is 6.26 Å². The zero-order chi connectivity index (χ0) is 11.8. The van der Waals surface area contributed by atoms with Crippen molar-refractivity contribution in [3.05, 3.63) is 59.0 Å². The van der Waals surface area contributed by atoms with Crippen molar-refractivity contribution < 1.29 is 0 Å². The smallest absolute Gasteiger partial charge is 0.210 e. The number of fused-ring (bicyclic) bond motifs is 2. The van der Waals surface area contributed by atoms with Crippen molar-refractivity contribution in [3.63, 3.8) is 0 Å². The molecule has 0 N–H and O–H groups in total. The second-order valence-electron chi connectivity index (χ2n) is 3.90. The number of hydrogen-bond donors (Lipinski definition) is 0. The highest BCUT2D eigenvalue weighted by molar-refractivity contribution is 7.98. The zero-order valence-electron chi connectivity index (χ0n) is 9.38. The Morgan fingerprint density at radius 1 is 1.12 bits per heavy atom. The van der Waals surface area contributed by atoms with Crippen LogP contribution in [0, 0.1) is 0 Å². The molecule has 84 valence electrons.